The molecule has 1 saturated carbocycles. The van der Waals surface area contributed by atoms with Crippen LogP contribution in [0.15, 0.2) is 0 Å². The third-order valence-electron chi connectivity index (χ3n) is 3.00. The van der Waals surface area contributed by atoms with Crippen molar-refractivity contribution >= 4 is 5.71 Å². The first-order valence-corrected chi connectivity index (χ1v) is 6.14. The molecule has 1 aliphatic rings. The standard InChI is InChI=1S/C12H23NO/c1-2-3-4-8-11-13(14)12-9-6-5-7-10-12/h2-11H2,1H3. The maximum Gasteiger partial charge on any atom is 0.163 e. The first-order valence-electron chi connectivity index (χ1n) is 6.14. The topological polar surface area (TPSA) is 26.1 Å². The summed E-state index contributed by atoms with van der Waals surface area (Å²) in [6.45, 7) is 2.93. The molecule has 0 N–H and O–H groups in total. The van der Waals surface area contributed by atoms with Crippen LogP contribution in [0.5, 0.6) is 0 Å². The molecule has 0 unspecified atom stereocenters. The smallest absolute Gasteiger partial charge is 0.163 e. The SMILES string of the molecule is CCCCCC[N+]([O-])=C1CCCCC1. The predicted molar refractivity (Wildman–Crippen MR) is 60.7 cm³/mol. The van der Waals surface area contributed by atoms with Crippen LogP contribution in [0.2, 0.25) is 0 Å². The Morgan fingerprint density at radius 2 is 1.79 bits per heavy atom. The number of hydroxylamine groups is 1. The monoisotopic (exact) mass is 197 g/mol. The Labute approximate surface area is 87.6 Å². The lowest BCUT2D eigenvalue weighted by atomic mass is 9.98. The Bertz CT molecular complexity index is 179. The van der Waals surface area contributed by atoms with Crippen molar-refractivity contribution in [3.8, 4) is 0 Å². The van der Waals surface area contributed by atoms with E-state index in [2.05, 4.69) is 6.92 Å². The molecule has 0 bridgehead atoms. The molecular weight excluding hydrogens is 174 g/mol. The van der Waals surface area contributed by atoms with E-state index in [0.717, 1.165) is 31.5 Å². The first kappa shape index (κ1) is 11.5. The van der Waals surface area contributed by atoms with Crippen molar-refractivity contribution < 1.29 is 4.74 Å². The fourth-order valence-electron chi connectivity index (χ4n) is 2.05. The summed E-state index contributed by atoms with van der Waals surface area (Å²) < 4.78 is 1.27. The Hall–Kier alpha value is -0.530. The molecule has 2 nitrogen and oxygen atoms in total. The van der Waals surface area contributed by atoms with E-state index < -0.39 is 0 Å². The lowest BCUT2D eigenvalue weighted by Gasteiger charge is -2.14. The number of hydrogen-bond donors (Lipinski definition) is 0. The number of nitrogens with zero attached hydrogens (tertiary/aromatic N) is 1. The molecule has 0 aromatic rings. The Kier molecular flexibility index (Phi) is 5.65. The van der Waals surface area contributed by atoms with Gasteiger partial charge in [0.1, 0.15) is 0 Å². The maximum atomic E-state index is 11.6. The van der Waals surface area contributed by atoms with Crippen LogP contribution in [0.1, 0.15) is 64.7 Å². The fourth-order valence-corrected chi connectivity index (χ4v) is 2.05. The highest BCUT2D eigenvalue weighted by molar-refractivity contribution is 5.80. The van der Waals surface area contributed by atoms with Crippen LogP contribution in [0.25, 0.3) is 0 Å². The van der Waals surface area contributed by atoms with Crippen LogP contribution < -0.4 is 0 Å². The van der Waals surface area contributed by atoms with Gasteiger partial charge in [0, 0.05) is 19.3 Å². The Morgan fingerprint density at radius 1 is 1.07 bits per heavy atom. The fraction of sp³-hybridized carbons (Fsp3) is 0.917. The average Bonchev–Trinajstić information content (AvgIpc) is 2.25. The first-order chi connectivity index (χ1) is 6.84. The van der Waals surface area contributed by atoms with Gasteiger partial charge in [-0.2, -0.15) is 0 Å². The van der Waals surface area contributed by atoms with Gasteiger partial charge in [0.15, 0.2) is 12.3 Å². The van der Waals surface area contributed by atoms with Crippen LogP contribution in [0.4, 0.5) is 0 Å². The second-order valence-electron chi connectivity index (χ2n) is 4.29. The quantitative estimate of drug-likeness (QED) is 0.287. The molecule has 0 amide bonds. The summed E-state index contributed by atoms with van der Waals surface area (Å²) in [5.74, 6) is 0. The molecule has 0 spiro atoms. The molecule has 0 aliphatic heterocycles. The highest BCUT2D eigenvalue weighted by Crippen LogP contribution is 2.14. The van der Waals surface area contributed by atoms with Gasteiger partial charge in [-0.3, -0.25) is 0 Å². The van der Waals surface area contributed by atoms with Gasteiger partial charge in [0.25, 0.3) is 0 Å². The van der Waals surface area contributed by atoms with Gasteiger partial charge in [0.2, 0.25) is 0 Å². The largest absolute Gasteiger partial charge is 0.624 e. The molecule has 1 fully saturated rings. The minimum Gasteiger partial charge on any atom is -0.624 e. The zero-order valence-electron chi connectivity index (χ0n) is 9.43. The summed E-state index contributed by atoms with van der Waals surface area (Å²) in [6, 6.07) is 0. The van der Waals surface area contributed by atoms with E-state index in [1.165, 1.54) is 43.3 Å². The minimum atomic E-state index is 0.731. The Morgan fingerprint density at radius 3 is 2.43 bits per heavy atom. The van der Waals surface area contributed by atoms with Crippen LogP contribution in [-0.2, 0) is 0 Å². The van der Waals surface area contributed by atoms with Crippen molar-refractivity contribution in [1.82, 2.24) is 0 Å². The number of rotatable bonds is 5. The summed E-state index contributed by atoms with van der Waals surface area (Å²) in [5, 5.41) is 11.6. The lowest BCUT2D eigenvalue weighted by molar-refractivity contribution is -0.461. The van der Waals surface area contributed by atoms with E-state index in [4.69, 9.17) is 0 Å². The van der Waals surface area contributed by atoms with Crippen molar-refractivity contribution in [3.63, 3.8) is 0 Å². The summed E-state index contributed by atoms with van der Waals surface area (Å²) in [7, 11) is 0. The van der Waals surface area contributed by atoms with Crippen LogP contribution >= 0.6 is 0 Å². The van der Waals surface area contributed by atoms with Crippen molar-refractivity contribution in [1.29, 1.82) is 0 Å². The molecule has 2 heteroatoms. The predicted octanol–water partition coefficient (Wildman–Crippen LogP) is 3.48. The van der Waals surface area contributed by atoms with Crippen molar-refractivity contribution in [2.45, 2.75) is 64.7 Å². The third-order valence-corrected chi connectivity index (χ3v) is 3.00. The van der Waals surface area contributed by atoms with Crippen LogP contribution in [0.3, 0.4) is 0 Å². The van der Waals surface area contributed by atoms with E-state index >= 15 is 0 Å². The van der Waals surface area contributed by atoms with Crippen molar-refractivity contribution in [3.05, 3.63) is 5.21 Å². The molecule has 0 aromatic heterocycles. The van der Waals surface area contributed by atoms with Gasteiger partial charge in [-0.05, 0) is 19.3 Å². The lowest BCUT2D eigenvalue weighted by Crippen LogP contribution is -2.19. The van der Waals surface area contributed by atoms with Crippen LogP contribution in [0, 0.1) is 5.21 Å². The molecule has 0 saturated heterocycles. The number of unbranched alkanes of at least 4 members (excludes halogenated alkanes) is 3. The molecule has 1 aliphatic carbocycles. The second-order valence-corrected chi connectivity index (χ2v) is 4.29. The Balaban J connectivity index is 2.20. The summed E-state index contributed by atoms with van der Waals surface area (Å²) >= 11 is 0. The van der Waals surface area contributed by atoms with Gasteiger partial charge >= 0.3 is 0 Å². The zero-order valence-corrected chi connectivity index (χ0v) is 9.43. The van der Waals surface area contributed by atoms with E-state index in [9.17, 15) is 5.21 Å². The summed E-state index contributed by atoms with van der Waals surface area (Å²) in [6.07, 6.45) is 10.7. The molecular formula is C12H23NO. The van der Waals surface area contributed by atoms with Crippen molar-refractivity contribution in [2.75, 3.05) is 6.54 Å². The van der Waals surface area contributed by atoms with Gasteiger partial charge < -0.3 is 5.21 Å². The number of hydrogen-bond acceptors (Lipinski definition) is 1. The van der Waals surface area contributed by atoms with Gasteiger partial charge in [0.05, 0.1) is 0 Å². The molecule has 82 valence electrons. The molecule has 0 radical (unpaired) electrons. The molecule has 0 heterocycles. The highest BCUT2D eigenvalue weighted by atomic mass is 16.5. The summed E-state index contributed by atoms with van der Waals surface area (Å²) in [5.41, 5.74) is 1.16. The van der Waals surface area contributed by atoms with E-state index in [0.29, 0.717) is 0 Å². The van der Waals surface area contributed by atoms with Crippen molar-refractivity contribution in [2.24, 2.45) is 0 Å². The third kappa shape index (κ3) is 4.12. The highest BCUT2D eigenvalue weighted by Gasteiger charge is 2.13. The van der Waals surface area contributed by atoms with Gasteiger partial charge in [-0.1, -0.05) is 26.2 Å². The van der Waals surface area contributed by atoms with E-state index in [1.807, 2.05) is 0 Å². The second kappa shape index (κ2) is 6.86. The average molecular weight is 197 g/mol. The minimum absolute atomic E-state index is 0.731. The normalized spacial score (nSPS) is 17.1. The van der Waals surface area contributed by atoms with E-state index in [1.54, 1.807) is 0 Å². The molecule has 14 heavy (non-hydrogen) atoms. The van der Waals surface area contributed by atoms with Gasteiger partial charge in [-0.15, -0.1) is 0 Å². The summed E-state index contributed by atoms with van der Waals surface area (Å²) in [4.78, 5) is 0. The molecule has 1 rings (SSSR count). The van der Waals surface area contributed by atoms with E-state index in [-0.39, 0.29) is 0 Å². The molecule has 0 atom stereocenters. The van der Waals surface area contributed by atoms with Gasteiger partial charge in [-0.25, -0.2) is 4.74 Å². The molecule has 0 aromatic carbocycles. The van der Waals surface area contributed by atoms with Crippen LogP contribution in [-0.4, -0.2) is 17.0 Å². The maximum absolute atomic E-state index is 11.6. The zero-order chi connectivity index (χ0) is 10.2.